The minimum absolute atomic E-state index is 0. The van der Waals surface area contributed by atoms with Crippen molar-refractivity contribution in [2.75, 3.05) is 7.11 Å². The lowest BCUT2D eigenvalue weighted by molar-refractivity contribution is 0.412. The second-order valence-corrected chi connectivity index (χ2v) is 8.86. The Kier molecular flexibility index (Phi) is 8.55. The Morgan fingerprint density at radius 3 is 2.45 bits per heavy atom. The van der Waals surface area contributed by atoms with Gasteiger partial charge in [-0.3, -0.25) is 0 Å². The van der Waals surface area contributed by atoms with Crippen LogP contribution in [-0.2, 0) is 13.0 Å². The number of hydrogen-bond acceptors (Lipinski definition) is 3. The fraction of sp³-hybridized carbons (Fsp3) is 0.125. The van der Waals surface area contributed by atoms with Gasteiger partial charge >= 0.3 is 0 Å². The molecule has 0 atom stereocenters. The van der Waals surface area contributed by atoms with Crippen LogP contribution in [0, 0.1) is 0 Å². The maximum atomic E-state index is 6.03. The van der Waals surface area contributed by atoms with Crippen LogP contribution >= 0.6 is 55.8 Å². The lowest BCUT2D eigenvalue weighted by Crippen LogP contribution is -2.17. The molecule has 0 fully saturated rings. The predicted molar refractivity (Wildman–Crippen MR) is 139 cm³/mol. The fourth-order valence-corrected chi connectivity index (χ4v) is 4.82. The second kappa shape index (κ2) is 11.1. The van der Waals surface area contributed by atoms with E-state index >= 15 is 0 Å². The van der Waals surface area contributed by atoms with Gasteiger partial charge in [0.1, 0.15) is 5.75 Å². The van der Waals surface area contributed by atoms with Gasteiger partial charge in [-0.1, -0.05) is 41.9 Å². The summed E-state index contributed by atoms with van der Waals surface area (Å²) in [5.74, 6) is 0.816. The third kappa shape index (κ3) is 5.89. The van der Waals surface area contributed by atoms with E-state index in [-0.39, 0.29) is 17.0 Å². The average molecular weight is 581 g/mol. The minimum Gasteiger partial charge on any atom is -0.496 e. The first-order valence-electron chi connectivity index (χ1n) is 9.50. The molecule has 0 aliphatic carbocycles. The van der Waals surface area contributed by atoms with Crippen molar-refractivity contribution >= 4 is 61.5 Å². The van der Waals surface area contributed by atoms with Crippen LogP contribution in [0.4, 0.5) is 5.69 Å². The van der Waals surface area contributed by atoms with E-state index in [1.165, 1.54) is 5.56 Å². The lowest BCUT2D eigenvalue weighted by atomic mass is 10.1. The Morgan fingerprint density at radius 2 is 1.77 bits per heavy atom. The van der Waals surface area contributed by atoms with Crippen molar-refractivity contribution in [2.45, 2.75) is 13.0 Å². The van der Waals surface area contributed by atoms with Gasteiger partial charge in [0.05, 0.1) is 23.0 Å². The molecule has 3 nitrogen and oxygen atoms in total. The molecule has 0 N–H and O–H groups in total. The van der Waals surface area contributed by atoms with Gasteiger partial charge in [0.15, 0.2) is 4.80 Å². The molecule has 1 aromatic heterocycles. The van der Waals surface area contributed by atoms with Gasteiger partial charge in [-0.2, -0.15) is 0 Å². The maximum absolute atomic E-state index is 6.03. The number of benzene rings is 3. The number of methoxy groups -OCH3 is 1. The summed E-state index contributed by atoms with van der Waals surface area (Å²) in [6, 6.07) is 24.3. The number of aromatic nitrogens is 1. The van der Waals surface area contributed by atoms with Gasteiger partial charge < -0.3 is 9.30 Å². The van der Waals surface area contributed by atoms with Crippen LogP contribution in [-0.4, -0.2) is 11.7 Å². The molecule has 4 rings (SSSR count). The molecule has 0 radical (unpaired) electrons. The molecule has 0 amide bonds. The SMILES string of the molecule is Br.COc1ccc(-c2csc(=Nc3ccc(Cl)cc3)n2CCc2ccccc2)cc1Br. The van der Waals surface area contributed by atoms with E-state index in [0.717, 1.165) is 44.9 Å². The van der Waals surface area contributed by atoms with Crippen LogP contribution in [0.2, 0.25) is 5.02 Å². The van der Waals surface area contributed by atoms with Crippen molar-refractivity contribution in [1.29, 1.82) is 0 Å². The molecular weight excluding hydrogens is 560 g/mol. The number of thiazole rings is 1. The second-order valence-electron chi connectivity index (χ2n) is 6.73. The summed E-state index contributed by atoms with van der Waals surface area (Å²) in [5, 5.41) is 2.87. The molecular formula is C24H21Br2ClN2OS. The van der Waals surface area contributed by atoms with Gasteiger partial charge in [0.25, 0.3) is 0 Å². The van der Waals surface area contributed by atoms with Gasteiger partial charge in [-0.05, 0) is 70.4 Å². The van der Waals surface area contributed by atoms with E-state index in [0.29, 0.717) is 5.02 Å². The normalized spacial score (nSPS) is 11.3. The quantitative estimate of drug-likeness (QED) is 0.230. The van der Waals surface area contributed by atoms with Gasteiger partial charge in [0.2, 0.25) is 0 Å². The number of hydrogen-bond donors (Lipinski definition) is 0. The molecule has 4 aromatic rings. The largest absolute Gasteiger partial charge is 0.496 e. The Morgan fingerprint density at radius 1 is 1.03 bits per heavy atom. The van der Waals surface area contributed by atoms with Crippen LogP contribution in [0.5, 0.6) is 5.75 Å². The highest BCUT2D eigenvalue weighted by atomic mass is 79.9. The predicted octanol–water partition coefficient (Wildman–Crippen LogP) is 7.69. The van der Waals surface area contributed by atoms with E-state index < -0.39 is 0 Å². The molecule has 0 unspecified atom stereocenters. The summed E-state index contributed by atoms with van der Waals surface area (Å²) in [7, 11) is 1.67. The Hall–Kier alpha value is -1.86. The standard InChI is InChI=1S/C24H20BrClN2OS.BrH/c1-29-23-12-7-18(15-21(23)25)22-16-30-24(27-20-10-8-19(26)9-11-20)28(22)14-13-17-5-3-2-4-6-17;/h2-12,15-16H,13-14H2,1H3;1H. The Labute approximate surface area is 209 Å². The van der Waals surface area contributed by atoms with Crippen molar-refractivity contribution < 1.29 is 4.74 Å². The highest BCUT2D eigenvalue weighted by Gasteiger charge is 2.11. The molecule has 0 aliphatic rings. The highest BCUT2D eigenvalue weighted by molar-refractivity contribution is 9.10. The van der Waals surface area contributed by atoms with Gasteiger partial charge in [-0.15, -0.1) is 28.3 Å². The zero-order valence-electron chi connectivity index (χ0n) is 16.8. The lowest BCUT2D eigenvalue weighted by Gasteiger charge is -2.11. The first-order valence-corrected chi connectivity index (χ1v) is 11.6. The van der Waals surface area contributed by atoms with Gasteiger partial charge in [0, 0.05) is 22.5 Å². The number of nitrogens with zero attached hydrogens (tertiary/aromatic N) is 2. The van der Waals surface area contributed by atoms with Crippen LogP contribution < -0.4 is 9.54 Å². The van der Waals surface area contributed by atoms with Crippen LogP contribution in [0.3, 0.4) is 0 Å². The van der Waals surface area contributed by atoms with E-state index in [9.17, 15) is 0 Å². The Balaban J connectivity index is 0.00000272. The van der Waals surface area contributed by atoms with E-state index in [4.69, 9.17) is 21.3 Å². The molecule has 0 spiro atoms. The third-order valence-electron chi connectivity index (χ3n) is 4.76. The smallest absolute Gasteiger partial charge is 0.190 e. The van der Waals surface area contributed by atoms with Crippen molar-refractivity contribution in [1.82, 2.24) is 4.57 Å². The van der Waals surface area contributed by atoms with Crippen molar-refractivity contribution in [3.05, 3.63) is 98.0 Å². The first-order chi connectivity index (χ1) is 14.6. The van der Waals surface area contributed by atoms with Crippen LogP contribution in [0.15, 0.2) is 87.6 Å². The van der Waals surface area contributed by atoms with E-state index in [1.54, 1.807) is 18.4 Å². The molecule has 1 heterocycles. The first kappa shape index (κ1) is 23.8. The van der Waals surface area contributed by atoms with Crippen LogP contribution in [0.1, 0.15) is 5.56 Å². The monoisotopic (exact) mass is 578 g/mol. The zero-order valence-corrected chi connectivity index (χ0v) is 21.7. The molecule has 0 aliphatic heterocycles. The number of halogens is 3. The van der Waals surface area contributed by atoms with Crippen LogP contribution in [0.25, 0.3) is 11.3 Å². The summed E-state index contributed by atoms with van der Waals surface area (Å²) < 4.78 is 8.59. The molecule has 0 saturated carbocycles. The van der Waals surface area contributed by atoms with E-state index in [2.05, 4.69) is 62.3 Å². The number of rotatable bonds is 6. The number of ether oxygens (including phenoxy) is 1. The summed E-state index contributed by atoms with van der Waals surface area (Å²) in [5.41, 5.74) is 4.43. The maximum Gasteiger partial charge on any atom is 0.190 e. The molecule has 0 bridgehead atoms. The average Bonchev–Trinajstić information content (AvgIpc) is 3.17. The van der Waals surface area contributed by atoms with Crippen molar-refractivity contribution in [2.24, 2.45) is 4.99 Å². The van der Waals surface area contributed by atoms with Crippen molar-refractivity contribution in [3.8, 4) is 17.0 Å². The van der Waals surface area contributed by atoms with Crippen molar-refractivity contribution in [3.63, 3.8) is 0 Å². The fourth-order valence-electron chi connectivity index (χ4n) is 3.20. The molecule has 3 aromatic carbocycles. The van der Waals surface area contributed by atoms with E-state index in [1.807, 2.05) is 36.4 Å². The topological polar surface area (TPSA) is 26.5 Å². The zero-order chi connectivity index (χ0) is 20.9. The minimum atomic E-state index is 0. The molecule has 31 heavy (non-hydrogen) atoms. The Bertz CT molecular complexity index is 1200. The van der Waals surface area contributed by atoms with Gasteiger partial charge in [-0.25, -0.2) is 4.99 Å². The third-order valence-corrected chi connectivity index (χ3v) is 6.50. The molecule has 160 valence electrons. The summed E-state index contributed by atoms with van der Waals surface area (Å²) in [6.45, 7) is 0.832. The summed E-state index contributed by atoms with van der Waals surface area (Å²) in [4.78, 5) is 5.84. The highest BCUT2D eigenvalue weighted by Crippen LogP contribution is 2.31. The molecule has 7 heteroatoms. The number of aryl methyl sites for hydroxylation is 1. The summed E-state index contributed by atoms with van der Waals surface area (Å²) in [6.07, 6.45) is 0.926. The molecule has 0 saturated heterocycles. The summed E-state index contributed by atoms with van der Waals surface area (Å²) >= 11 is 11.3.